The lowest BCUT2D eigenvalue weighted by Gasteiger charge is -2.27. The van der Waals surface area contributed by atoms with Crippen molar-refractivity contribution in [2.24, 2.45) is 0 Å². The molecule has 1 aliphatic heterocycles. The van der Waals surface area contributed by atoms with Crippen molar-refractivity contribution in [3.05, 3.63) is 29.8 Å². The Kier molecular flexibility index (Phi) is 3.72. The molecule has 1 heterocycles. The summed E-state index contributed by atoms with van der Waals surface area (Å²) in [7, 11) is 1.85. The van der Waals surface area contributed by atoms with Gasteiger partial charge in [-0.3, -0.25) is 4.79 Å². The minimum atomic E-state index is 0.144. The molecule has 1 fully saturated rings. The Hall–Kier alpha value is -1.16. The highest BCUT2D eigenvalue weighted by Crippen LogP contribution is 2.19. The van der Waals surface area contributed by atoms with Crippen LogP contribution in [0.4, 0.5) is 5.69 Å². The summed E-state index contributed by atoms with van der Waals surface area (Å²) in [5.41, 5.74) is 1.68. The summed E-state index contributed by atoms with van der Waals surface area (Å²) in [6.07, 6.45) is 0. The van der Waals surface area contributed by atoms with Crippen LogP contribution in [-0.2, 0) is 0 Å². The van der Waals surface area contributed by atoms with E-state index in [-0.39, 0.29) is 5.91 Å². The number of nitrogens with one attached hydrogen (secondary N) is 1. The van der Waals surface area contributed by atoms with Gasteiger partial charge in [-0.05, 0) is 12.1 Å². The van der Waals surface area contributed by atoms with Gasteiger partial charge in [0.1, 0.15) is 0 Å². The fourth-order valence-corrected chi connectivity index (χ4v) is 2.73. The van der Waals surface area contributed by atoms with Crippen molar-refractivity contribution in [3.63, 3.8) is 0 Å². The van der Waals surface area contributed by atoms with Crippen molar-refractivity contribution in [2.75, 3.05) is 37.0 Å². The van der Waals surface area contributed by atoms with Crippen LogP contribution in [0.1, 0.15) is 10.4 Å². The van der Waals surface area contributed by atoms with Crippen LogP contribution in [0.15, 0.2) is 24.3 Å². The Labute approximate surface area is 100 Å². The molecule has 0 spiro atoms. The zero-order valence-corrected chi connectivity index (χ0v) is 10.2. The molecule has 0 atom stereocenters. The standard InChI is InChI=1S/C12H16N2OS/c1-13-11-5-3-2-4-10(11)12(15)14-6-8-16-9-7-14/h2-5,13H,6-9H2,1H3. The lowest BCUT2D eigenvalue weighted by atomic mass is 10.1. The lowest BCUT2D eigenvalue weighted by molar-refractivity contribution is 0.0773. The van der Waals surface area contributed by atoms with Gasteiger partial charge in [0.2, 0.25) is 0 Å². The molecule has 86 valence electrons. The number of amides is 1. The molecule has 2 rings (SSSR count). The van der Waals surface area contributed by atoms with E-state index in [1.165, 1.54) is 0 Å². The Balaban J connectivity index is 2.19. The van der Waals surface area contributed by atoms with Gasteiger partial charge in [-0.1, -0.05) is 12.1 Å². The van der Waals surface area contributed by atoms with Crippen molar-refractivity contribution < 1.29 is 4.79 Å². The summed E-state index contributed by atoms with van der Waals surface area (Å²) in [5.74, 6) is 2.24. The van der Waals surface area contributed by atoms with Crippen LogP contribution < -0.4 is 5.32 Å². The fourth-order valence-electron chi connectivity index (χ4n) is 1.82. The minimum Gasteiger partial charge on any atom is -0.387 e. The summed E-state index contributed by atoms with van der Waals surface area (Å²) in [6, 6.07) is 7.67. The molecule has 1 aromatic carbocycles. The molecule has 1 aromatic rings. The Morgan fingerprint density at radius 2 is 2.00 bits per heavy atom. The van der Waals surface area contributed by atoms with Gasteiger partial charge >= 0.3 is 0 Å². The predicted molar refractivity (Wildman–Crippen MR) is 69.2 cm³/mol. The molecule has 1 N–H and O–H groups in total. The van der Waals surface area contributed by atoms with Gasteiger partial charge in [0, 0.05) is 37.3 Å². The molecule has 1 aliphatic rings. The van der Waals surface area contributed by atoms with E-state index in [0.717, 1.165) is 35.8 Å². The highest BCUT2D eigenvalue weighted by atomic mass is 32.2. The highest BCUT2D eigenvalue weighted by molar-refractivity contribution is 7.99. The highest BCUT2D eigenvalue weighted by Gasteiger charge is 2.19. The molecule has 1 saturated heterocycles. The van der Waals surface area contributed by atoms with Crippen LogP contribution in [0, 0.1) is 0 Å². The predicted octanol–water partition coefficient (Wildman–Crippen LogP) is 1.92. The Bertz CT molecular complexity index is 375. The van der Waals surface area contributed by atoms with Crippen LogP contribution in [-0.4, -0.2) is 42.4 Å². The van der Waals surface area contributed by atoms with E-state index in [4.69, 9.17) is 0 Å². The van der Waals surface area contributed by atoms with E-state index in [9.17, 15) is 4.79 Å². The maximum Gasteiger partial charge on any atom is 0.256 e. The maximum atomic E-state index is 12.3. The second-order valence-electron chi connectivity index (χ2n) is 3.70. The van der Waals surface area contributed by atoms with Gasteiger partial charge in [-0.15, -0.1) is 0 Å². The lowest BCUT2D eigenvalue weighted by Crippen LogP contribution is -2.38. The quantitative estimate of drug-likeness (QED) is 0.851. The van der Waals surface area contributed by atoms with Crippen LogP contribution in [0.2, 0.25) is 0 Å². The number of hydrogen-bond acceptors (Lipinski definition) is 3. The molecule has 0 radical (unpaired) electrons. The van der Waals surface area contributed by atoms with Crippen molar-refractivity contribution in [3.8, 4) is 0 Å². The molecule has 0 aliphatic carbocycles. The third kappa shape index (κ3) is 2.32. The number of carbonyl (C=O) groups excluding carboxylic acids is 1. The van der Waals surface area contributed by atoms with Crippen LogP contribution in [0.5, 0.6) is 0 Å². The zero-order valence-electron chi connectivity index (χ0n) is 9.40. The summed E-state index contributed by atoms with van der Waals surface area (Å²) in [5, 5.41) is 3.06. The summed E-state index contributed by atoms with van der Waals surface area (Å²) in [6.45, 7) is 1.73. The number of nitrogens with zero attached hydrogens (tertiary/aromatic N) is 1. The number of benzene rings is 1. The minimum absolute atomic E-state index is 0.144. The van der Waals surface area contributed by atoms with Gasteiger partial charge in [0.05, 0.1) is 5.56 Å². The second-order valence-corrected chi connectivity index (χ2v) is 4.92. The average molecular weight is 236 g/mol. The molecule has 0 saturated carbocycles. The third-order valence-corrected chi connectivity index (χ3v) is 3.67. The number of hydrogen-bond donors (Lipinski definition) is 1. The first-order valence-electron chi connectivity index (χ1n) is 5.46. The summed E-state index contributed by atoms with van der Waals surface area (Å²) in [4.78, 5) is 14.2. The van der Waals surface area contributed by atoms with Gasteiger partial charge in [0.15, 0.2) is 0 Å². The first-order chi connectivity index (χ1) is 7.83. The van der Waals surface area contributed by atoms with Crippen LogP contribution in [0.25, 0.3) is 0 Å². The molecule has 1 amide bonds. The molecule has 0 aromatic heterocycles. The number of rotatable bonds is 2. The van der Waals surface area contributed by atoms with E-state index in [0.29, 0.717) is 0 Å². The second kappa shape index (κ2) is 5.25. The SMILES string of the molecule is CNc1ccccc1C(=O)N1CCSCC1. The molecular formula is C12H16N2OS. The number of para-hydroxylation sites is 1. The Morgan fingerprint density at radius 1 is 1.31 bits per heavy atom. The van der Waals surface area contributed by atoms with Crippen molar-refractivity contribution in [1.29, 1.82) is 0 Å². The molecule has 16 heavy (non-hydrogen) atoms. The Morgan fingerprint density at radius 3 is 2.69 bits per heavy atom. The monoisotopic (exact) mass is 236 g/mol. The van der Waals surface area contributed by atoms with Crippen molar-refractivity contribution >= 4 is 23.4 Å². The largest absolute Gasteiger partial charge is 0.387 e. The van der Waals surface area contributed by atoms with Gasteiger partial charge in [-0.25, -0.2) is 0 Å². The van der Waals surface area contributed by atoms with Crippen LogP contribution in [0.3, 0.4) is 0 Å². The topological polar surface area (TPSA) is 32.3 Å². The zero-order chi connectivity index (χ0) is 11.4. The average Bonchev–Trinajstić information content (AvgIpc) is 2.39. The maximum absolute atomic E-state index is 12.3. The first kappa shape index (κ1) is 11.3. The molecule has 0 bridgehead atoms. The van der Waals surface area contributed by atoms with Gasteiger partial charge < -0.3 is 10.2 Å². The summed E-state index contributed by atoms with van der Waals surface area (Å²) >= 11 is 1.91. The first-order valence-corrected chi connectivity index (χ1v) is 6.62. The third-order valence-electron chi connectivity index (χ3n) is 2.73. The van der Waals surface area contributed by atoms with E-state index in [1.807, 2.05) is 48.0 Å². The number of carbonyl (C=O) groups is 1. The number of anilines is 1. The van der Waals surface area contributed by atoms with E-state index >= 15 is 0 Å². The van der Waals surface area contributed by atoms with Gasteiger partial charge in [0.25, 0.3) is 5.91 Å². The molecule has 3 nitrogen and oxygen atoms in total. The number of thioether (sulfide) groups is 1. The van der Waals surface area contributed by atoms with Crippen molar-refractivity contribution in [2.45, 2.75) is 0 Å². The molecular weight excluding hydrogens is 220 g/mol. The van der Waals surface area contributed by atoms with Crippen LogP contribution >= 0.6 is 11.8 Å². The molecule has 4 heteroatoms. The van der Waals surface area contributed by atoms with Crippen molar-refractivity contribution in [1.82, 2.24) is 4.90 Å². The normalized spacial score (nSPS) is 15.9. The summed E-state index contributed by atoms with van der Waals surface area (Å²) < 4.78 is 0. The molecule has 0 unspecified atom stereocenters. The smallest absolute Gasteiger partial charge is 0.256 e. The van der Waals surface area contributed by atoms with Gasteiger partial charge in [-0.2, -0.15) is 11.8 Å². The van der Waals surface area contributed by atoms with E-state index in [1.54, 1.807) is 0 Å². The van der Waals surface area contributed by atoms with E-state index < -0.39 is 0 Å². The van der Waals surface area contributed by atoms with E-state index in [2.05, 4.69) is 5.32 Å². The fraction of sp³-hybridized carbons (Fsp3) is 0.417.